The van der Waals surface area contributed by atoms with E-state index in [9.17, 15) is 9.59 Å². The minimum Gasteiger partial charge on any atom is -0.468 e. The summed E-state index contributed by atoms with van der Waals surface area (Å²) in [6.45, 7) is 0. The van der Waals surface area contributed by atoms with E-state index < -0.39 is 11.2 Å². The molecule has 0 fully saturated rings. The fraction of sp³-hybridized carbons (Fsp3) is 0.333. The van der Waals surface area contributed by atoms with Gasteiger partial charge in [-0.15, -0.1) is 23.1 Å². The molecule has 2 heterocycles. The zero-order chi connectivity index (χ0) is 10.1. The van der Waals surface area contributed by atoms with Crippen LogP contribution in [0, 0.1) is 0 Å². The molecule has 14 heavy (non-hydrogen) atoms. The highest BCUT2D eigenvalue weighted by molar-refractivity contribution is 8.00. The Balaban J connectivity index is 2.30. The molecule has 5 heteroatoms. The summed E-state index contributed by atoms with van der Waals surface area (Å²) in [5.41, 5.74) is 1.03. The van der Waals surface area contributed by atoms with Crippen molar-refractivity contribution in [2.45, 2.75) is 11.0 Å². The highest BCUT2D eigenvalue weighted by Crippen LogP contribution is 2.33. The minimum atomic E-state index is -0.661. The molecule has 0 bridgehead atoms. The lowest BCUT2D eigenvalue weighted by Crippen LogP contribution is -2.31. The summed E-state index contributed by atoms with van der Waals surface area (Å²) < 4.78 is 4.58. The van der Waals surface area contributed by atoms with Gasteiger partial charge in [-0.05, 0) is 17.0 Å². The molecule has 1 aromatic heterocycles. The molecule has 1 aliphatic rings. The highest BCUT2D eigenvalue weighted by Gasteiger charge is 2.34. The van der Waals surface area contributed by atoms with Crippen molar-refractivity contribution in [3.63, 3.8) is 0 Å². The van der Waals surface area contributed by atoms with Crippen LogP contribution in [0.5, 0.6) is 0 Å². The van der Waals surface area contributed by atoms with Gasteiger partial charge in [0.15, 0.2) is 11.0 Å². The van der Waals surface area contributed by atoms with E-state index >= 15 is 0 Å². The minimum absolute atomic E-state index is 0.113. The number of thioether (sulfide) groups is 1. The number of rotatable bonds is 1. The third-order valence-electron chi connectivity index (χ3n) is 2.03. The van der Waals surface area contributed by atoms with Crippen LogP contribution in [-0.2, 0) is 15.3 Å². The van der Waals surface area contributed by atoms with Crippen LogP contribution in [-0.4, -0.2) is 24.1 Å². The molecule has 0 saturated carbocycles. The average molecular weight is 228 g/mol. The Kier molecular flexibility index (Phi) is 2.60. The first-order chi connectivity index (χ1) is 6.74. The predicted octanol–water partition coefficient (Wildman–Crippen LogP) is 1.72. The topological polar surface area (TPSA) is 43.4 Å². The van der Waals surface area contributed by atoms with Crippen LogP contribution in [0.15, 0.2) is 11.4 Å². The number of carbonyl (C=O) groups is 2. The van der Waals surface area contributed by atoms with Crippen molar-refractivity contribution in [3.8, 4) is 0 Å². The number of ketones is 1. The van der Waals surface area contributed by atoms with Crippen molar-refractivity contribution in [2.75, 3.05) is 7.11 Å². The summed E-state index contributed by atoms with van der Waals surface area (Å²) in [5.74, 6) is 0.154. The van der Waals surface area contributed by atoms with Gasteiger partial charge in [0, 0.05) is 5.75 Å². The van der Waals surface area contributed by atoms with Gasteiger partial charge in [0.25, 0.3) is 0 Å². The van der Waals surface area contributed by atoms with Crippen LogP contribution >= 0.6 is 23.1 Å². The van der Waals surface area contributed by atoms with Crippen LogP contribution in [0.2, 0.25) is 0 Å². The average Bonchev–Trinajstić information content (AvgIpc) is 2.66. The Labute approximate surface area is 89.5 Å². The molecular weight excluding hydrogens is 220 g/mol. The Hall–Kier alpha value is -0.810. The standard InChI is InChI=1S/C9H8O3S2/c1-12-9(11)8-6(10)7-5(4-14-8)2-3-13-7/h2-3,8H,4H2,1H3. The molecule has 0 spiro atoms. The number of ether oxygens (including phenoxy) is 1. The second-order valence-corrected chi connectivity index (χ2v) is 4.86. The molecule has 0 saturated heterocycles. The Morgan fingerprint density at radius 1 is 1.64 bits per heavy atom. The van der Waals surface area contributed by atoms with E-state index in [1.54, 1.807) is 0 Å². The van der Waals surface area contributed by atoms with E-state index in [0.29, 0.717) is 10.6 Å². The number of thiophene rings is 1. The van der Waals surface area contributed by atoms with E-state index in [-0.39, 0.29) is 5.78 Å². The SMILES string of the molecule is COC(=O)C1SCc2ccsc2C1=O. The Morgan fingerprint density at radius 2 is 2.43 bits per heavy atom. The number of esters is 1. The third kappa shape index (κ3) is 1.46. The maximum atomic E-state index is 11.8. The molecule has 1 atom stereocenters. The Morgan fingerprint density at radius 3 is 3.14 bits per heavy atom. The number of methoxy groups -OCH3 is 1. The van der Waals surface area contributed by atoms with Gasteiger partial charge in [0.05, 0.1) is 12.0 Å². The number of fused-ring (bicyclic) bond motifs is 1. The normalized spacial score (nSPS) is 20.4. The molecule has 0 radical (unpaired) electrons. The first-order valence-corrected chi connectivity index (χ1v) is 5.97. The van der Waals surface area contributed by atoms with Crippen LogP contribution in [0.1, 0.15) is 15.2 Å². The molecule has 2 rings (SSSR count). The van der Waals surface area contributed by atoms with Crippen LogP contribution in [0.3, 0.4) is 0 Å². The van der Waals surface area contributed by atoms with Gasteiger partial charge in [-0.1, -0.05) is 0 Å². The van der Waals surface area contributed by atoms with Crippen LogP contribution in [0.4, 0.5) is 0 Å². The molecule has 1 aromatic rings. The van der Waals surface area contributed by atoms with Crippen molar-refractivity contribution < 1.29 is 14.3 Å². The van der Waals surface area contributed by atoms with E-state index in [2.05, 4.69) is 4.74 Å². The van der Waals surface area contributed by atoms with Gasteiger partial charge < -0.3 is 4.74 Å². The van der Waals surface area contributed by atoms with Gasteiger partial charge in [0.2, 0.25) is 0 Å². The van der Waals surface area contributed by atoms with E-state index in [1.807, 2.05) is 11.4 Å². The smallest absolute Gasteiger partial charge is 0.326 e. The predicted molar refractivity (Wildman–Crippen MR) is 55.7 cm³/mol. The molecule has 0 aromatic carbocycles. The van der Waals surface area contributed by atoms with Crippen molar-refractivity contribution >= 4 is 34.9 Å². The van der Waals surface area contributed by atoms with Gasteiger partial charge >= 0.3 is 5.97 Å². The Bertz CT molecular complexity index is 383. The van der Waals surface area contributed by atoms with Crippen LogP contribution < -0.4 is 0 Å². The summed E-state index contributed by atoms with van der Waals surface area (Å²) in [4.78, 5) is 23.7. The van der Waals surface area contributed by atoms with Gasteiger partial charge in [-0.3, -0.25) is 9.59 Å². The van der Waals surface area contributed by atoms with Crippen molar-refractivity contribution in [1.29, 1.82) is 0 Å². The van der Waals surface area contributed by atoms with Crippen LogP contribution in [0.25, 0.3) is 0 Å². The molecule has 1 unspecified atom stereocenters. The first-order valence-electron chi connectivity index (χ1n) is 4.04. The van der Waals surface area contributed by atoms with Crippen molar-refractivity contribution in [3.05, 3.63) is 21.9 Å². The summed E-state index contributed by atoms with van der Waals surface area (Å²) in [7, 11) is 1.31. The number of hydrogen-bond donors (Lipinski definition) is 0. The number of Topliss-reactive ketones (excluding diaryl/α,β-unsaturated/α-hetero) is 1. The molecule has 3 nitrogen and oxygen atoms in total. The molecule has 74 valence electrons. The van der Waals surface area contributed by atoms with Gasteiger partial charge in [-0.25, -0.2) is 0 Å². The van der Waals surface area contributed by atoms with Gasteiger partial charge in [0.1, 0.15) is 0 Å². The van der Waals surface area contributed by atoms with E-state index in [4.69, 9.17) is 0 Å². The number of carbonyl (C=O) groups excluding carboxylic acids is 2. The zero-order valence-electron chi connectivity index (χ0n) is 7.48. The third-order valence-corrected chi connectivity index (χ3v) is 4.22. The van der Waals surface area contributed by atoms with E-state index in [1.165, 1.54) is 30.2 Å². The quantitative estimate of drug-likeness (QED) is 0.542. The lowest BCUT2D eigenvalue weighted by molar-refractivity contribution is -0.138. The maximum absolute atomic E-state index is 11.8. The second kappa shape index (κ2) is 3.74. The summed E-state index contributed by atoms with van der Waals surface area (Å²) >= 11 is 2.73. The lowest BCUT2D eigenvalue weighted by Gasteiger charge is -2.17. The van der Waals surface area contributed by atoms with E-state index in [0.717, 1.165) is 5.56 Å². The summed E-state index contributed by atoms with van der Waals surface area (Å²) in [5, 5.41) is 1.22. The number of hydrogen-bond acceptors (Lipinski definition) is 5. The fourth-order valence-electron chi connectivity index (χ4n) is 1.32. The zero-order valence-corrected chi connectivity index (χ0v) is 9.11. The first kappa shape index (κ1) is 9.73. The largest absolute Gasteiger partial charge is 0.468 e. The monoisotopic (exact) mass is 228 g/mol. The second-order valence-electron chi connectivity index (χ2n) is 2.85. The maximum Gasteiger partial charge on any atom is 0.326 e. The molecule has 0 aliphatic carbocycles. The molecule has 0 N–H and O–H groups in total. The van der Waals surface area contributed by atoms with Crippen molar-refractivity contribution in [2.24, 2.45) is 0 Å². The van der Waals surface area contributed by atoms with Gasteiger partial charge in [-0.2, -0.15) is 0 Å². The highest BCUT2D eigenvalue weighted by atomic mass is 32.2. The summed E-state index contributed by atoms with van der Waals surface area (Å²) in [6.07, 6.45) is 0. The summed E-state index contributed by atoms with van der Waals surface area (Å²) in [6, 6.07) is 1.93. The molecule has 1 aliphatic heterocycles. The molecule has 0 amide bonds. The fourth-order valence-corrected chi connectivity index (χ4v) is 3.46. The molecular formula is C9H8O3S2. The lowest BCUT2D eigenvalue weighted by atomic mass is 10.1. The van der Waals surface area contributed by atoms with Crippen molar-refractivity contribution in [1.82, 2.24) is 0 Å².